The second-order valence-electron chi connectivity index (χ2n) is 6.75. The van der Waals surface area contributed by atoms with E-state index in [-0.39, 0.29) is 19.1 Å². The Bertz CT molecular complexity index is 391. The maximum absolute atomic E-state index is 11.6. The van der Waals surface area contributed by atoms with E-state index >= 15 is 0 Å². The minimum atomic E-state index is -0.856. The Balaban J connectivity index is 4.53. The summed E-state index contributed by atoms with van der Waals surface area (Å²) in [6.45, 7) is 6.26. The second kappa shape index (κ2) is 13.7. The molecule has 0 aliphatic carbocycles. The van der Waals surface area contributed by atoms with E-state index in [9.17, 15) is 14.4 Å². The molecule has 0 unspecified atom stereocenters. The Kier molecular flexibility index (Phi) is 12.8. The lowest BCUT2D eigenvalue weighted by Crippen LogP contribution is -2.55. The van der Waals surface area contributed by atoms with Gasteiger partial charge < -0.3 is 14.8 Å². The molecule has 0 aliphatic rings. The Morgan fingerprint density at radius 3 is 1.60 bits per heavy atom. The molecular weight excluding hydrogens is 322 g/mol. The highest BCUT2D eigenvalue weighted by molar-refractivity contribution is 5.74. The first kappa shape index (κ1) is 23.4. The highest BCUT2D eigenvalue weighted by Gasteiger charge is 2.33. The van der Waals surface area contributed by atoms with E-state index in [1.54, 1.807) is 0 Å². The average Bonchev–Trinajstić information content (AvgIpc) is 2.53. The van der Waals surface area contributed by atoms with Crippen molar-refractivity contribution in [1.82, 2.24) is 5.32 Å². The normalized spacial score (nSPS) is 11.0. The maximum atomic E-state index is 11.6. The van der Waals surface area contributed by atoms with Gasteiger partial charge >= 0.3 is 11.9 Å². The smallest absolute Gasteiger partial charge is 0.302 e. The Hall–Kier alpha value is -1.59. The first-order chi connectivity index (χ1) is 11.8. The van der Waals surface area contributed by atoms with Crippen LogP contribution in [0.25, 0.3) is 0 Å². The van der Waals surface area contributed by atoms with Crippen molar-refractivity contribution in [3.05, 3.63) is 0 Å². The molecule has 6 nitrogen and oxygen atoms in total. The third kappa shape index (κ3) is 13.4. The van der Waals surface area contributed by atoms with E-state index in [2.05, 4.69) is 12.2 Å². The van der Waals surface area contributed by atoms with Crippen LogP contribution in [0.1, 0.15) is 85.5 Å². The van der Waals surface area contributed by atoms with E-state index in [1.165, 1.54) is 52.9 Å². The average molecular weight is 357 g/mol. The molecule has 0 saturated carbocycles. The predicted octanol–water partition coefficient (Wildman–Crippen LogP) is 3.52. The lowest BCUT2D eigenvalue weighted by Gasteiger charge is -2.33. The van der Waals surface area contributed by atoms with Gasteiger partial charge in [-0.25, -0.2) is 0 Å². The summed E-state index contributed by atoms with van der Waals surface area (Å²) in [5.41, 5.74) is -0.856. The summed E-state index contributed by atoms with van der Waals surface area (Å²) in [6, 6.07) is 0. The zero-order valence-corrected chi connectivity index (χ0v) is 16.3. The summed E-state index contributed by atoms with van der Waals surface area (Å²) < 4.78 is 10.2. The number of amides is 1. The molecule has 0 spiro atoms. The van der Waals surface area contributed by atoms with Gasteiger partial charge in [0.15, 0.2) is 0 Å². The minimum Gasteiger partial charge on any atom is -0.463 e. The van der Waals surface area contributed by atoms with Crippen LogP contribution in [0.5, 0.6) is 0 Å². The van der Waals surface area contributed by atoms with Gasteiger partial charge in [-0.15, -0.1) is 0 Å². The molecule has 0 saturated heterocycles. The number of hydrogen-bond acceptors (Lipinski definition) is 5. The van der Waals surface area contributed by atoms with Gasteiger partial charge in [0.2, 0.25) is 5.91 Å². The summed E-state index contributed by atoms with van der Waals surface area (Å²) in [5.74, 6) is -1.08. The third-order valence-corrected chi connectivity index (χ3v) is 4.05. The van der Waals surface area contributed by atoms with Gasteiger partial charge in [0.25, 0.3) is 0 Å². The van der Waals surface area contributed by atoms with Crippen molar-refractivity contribution in [3.8, 4) is 0 Å². The van der Waals surface area contributed by atoms with Gasteiger partial charge in [0, 0.05) is 20.8 Å². The van der Waals surface area contributed by atoms with Crippen molar-refractivity contribution in [2.75, 3.05) is 13.2 Å². The van der Waals surface area contributed by atoms with Crippen LogP contribution in [0.15, 0.2) is 0 Å². The number of nitrogens with one attached hydrogen (secondary N) is 1. The van der Waals surface area contributed by atoms with Crippen molar-refractivity contribution >= 4 is 17.8 Å². The summed E-state index contributed by atoms with van der Waals surface area (Å²) in [4.78, 5) is 33.9. The van der Waals surface area contributed by atoms with E-state index in [0.29, 0.717) is 6.42 Å². The number of ether oxygens (including phenoxy) is 2. The Morgan fingerprint density at radius 2 is 1.20 bits per heavy atom. The molecule has 0 heterocycles. The van der Waals surface area contributed by atoms with Gasteiger partial charge in [0.05, 0.1) is 0 Å². The number of esters is 2. The molecule has 146 valence electrons. The highest BCUT2D eigenvalue weighted by Crippen LogP contribution is 2.19. The van der Waals surface area contributed by atoms with Crippen molar-refractivity contribution in [1.29, 1.82) is 0 Å². The Morgan fingerprint density at radius 1 is 0.760 bits per heavy atom. The first-order valence-corrected chi connectivity index (χ1v) is 9.37. The molecule has 6 heteroatoms. The van der Waals surface area contributed by atoms with Crippen LogP contribution in [0.4, 0.5) is 0 Å². The lowest BCUT2D eigenvalue weighted by atomic mass is 9.93. The first-order valence-electron chi connectivity index (χ1n) is 9.37. The topological polar surface area (TPSA) is 81.7 Å². The van der Waals surface area contributed by atoms with Crippen molar-refractivity contribution < 1.29 is 23.9 Å². The number of rotatable bonds is 14. The third-order valence-electron chi connectivity index (χ3n) is 4.05. The van der Waals surface area contributed by atoms with Crippen molar-refractivity contribution in [2.24, 2.45) is 0 Å². The zero-order chi connectivity index (χ0) is 19.1. The van der Waals surface area contributed by atoms with Crippen LogP contribution in [0, 0.1) is 0 Å². The quantitative estimate of drug-likeness (QED) is 0.380. The van der Waals surface area contributed by atoms with E-state index in [0.717, 1.165) is 19.3 Å². The highest BCUT2D eigenvalue weighted by atomic mass is 16.5. The van der Waals surface area contributed by atoms with E-state index in [1.807, 2.05) is 0 Å². The SMILES string of the molecule is CCCCCCCCCCC(COC(C)=O)(COC(C)=O)NC(C)=O. The molecule has 25 heavy (non-hydrogen) atoms. The van der Waals surface area contributed by atoms with Crippen molar-refractivity contribution in [2.45, 2.75) is 91.0 Å². The van der Waals surface area contributed by atoms with E-state index < -0.39 is 17.5 Å². The maximum Gasteiger partial charge on any atom is 0.302 e. The van der Waals surface area contributed by atoms with Gasteiger partial charge in [-0.2, -0.15) is 0 Å². The standard InChI is InChI=1S/C19H35NO5/c1-5-6-7-8-9-10-11-12-13-19(20-16(2)21,14-24-17(3)22)15-25-18(4)23/h5-15H2,1-4H3,(H,20,21). The summed E-state index contributed by atoms with van der Waals surface area (Å²) in [6.07, 6.45) is 9.92. The van der Waals surface area contributed by atoms with E-state index in [4.69, 9.17) is 9.47 Å². The number of unbranched alkanes of at least 4 members (excludes halogenated alkanes) is 7. The Labute approximate surface area is 152 Å². The molecule has 0 aliphatic heterocycles. The predicted molar refractivity (Wildman–Crippen MR) is 97.0 cm³/mol. The largest absolute Gasteiger partial charge is 0.463 e. The van der Waals surface area contributed by atoms with Crippen LogP contribution >= 0.6 is 0 Å². The van der Waals surface area contributed by atoms with Crippen LogP contribution in [-0.4, -0.2) is 36.6 Å². The number of hydrogen-bond donors (Lipinski definition) is 1. The van der Waals surface area contributed by atoms with Gasteiger partial charge in [0.1, 0.15) is 18.8 Å². The lowest BCUT2D eigenvalue weighted by molar-refractivity contribution is -0.150. The molecule has 1 N–H and O–H groups in total. The van der Waals surface area contributed by atoms with Gasteiger partial charge in [-0.3, -0.25) is 14.4 Å². The molecule has 0 fully saturated rings. The molecule has 0 radical (unpaired) electrons. The molecule has 0 rings (SSSR count). The number of carbonyl (C=O) groups excluding carboxylic acids is 3. The molecule has 0 atom stereocenters. The number of carbonyl (C=O) groups is 3. The summed E-state index contributed by atoms with van der Waals surface area (Å²) in [5, 5.41) is 2.83. The molecular formula is C19H35NO5. The van der Waals surface area contributed by atoms with Crippen LogP contribution in [-0.2, 0) is 23.9 Å². The monoisotopic (exact) mass is 357 g/mol. The summed E-state index contributed by atoms with van der Waals surface area (Å²) >= 11 is 0. The summed E-state index contributed by atoms with van der Waals surface area (Å²) in [7, 11) is 0. The fourth-order valence-electron chi connectivity index (χ4n) is 2.77. The zero-order valence-electron chi connectivity index (χ0n) is 16.3. The molecule has 0 bridgehead atoms. The van der Waals surface area contributed by atoms with Crippen LogP contribution in [0.3, 0.4) is 0 Å². The van der Waals surface area contributed by atoms with Crippen LogP contribution in [0.2, 0.25) is 0 Å². The molecule has 0 aromatic rings. The second-order valence-corrected chi connectivity index (χ2v) is 6.75. The van der Waals surface area contributed by atoms with Crippen LogP contribution < -0.4 is 5.32 Å². The fourth-order valence-corrected chi connectivity index (χ4v) is 2.77. The molecule has 0 aromatic carbocycles. The van der Waals surface area contributed by atoms with Gasteiger partial charge in [-0.05, 0) is 6.42 Å². The van der Waals surface area contributed by atoms with Gasteiger partial charge in [-0.1, -0.05) is 58.3 Å². The van der Waals surface area contributed by atoms with Crippen molar-refractivity contribution in [3.63, 3.8) is 0 Å². The minimum absolute atomic E-state index is 0.00565. The fraction of sp³-hybridized carbons (Fsp3) is 0.842. The molecule has 1 amide bonds. The molecule has 0 aromatic heterocycles.